The number of amides is 2. The Morgan fingerprint density at radius 3 is 2.79 bits per heavy atom. The molecule has 0 unspecified atom stereocenters. The van der Waals surface area contributed by atoms with Gasteiger partial charge in [-0.3, -0.25) is 19.3 Å². The summed E-state index contributed by atoms with van der Waals surface area (Å²) in [4.78, 5) is 41.6. The highest BCUT2D eigenvalue weighted by Gasteiger charge is 2.57. The molecule has 0 radical (unpaired) electrons. The van der Waals surface area contributed by atoms with E-state index in [9.17, 15) is 14.4 Å². The van der Waals surface area contributed by atoms with E-state index < -0.39 is 5.54 Å². The number of nitrogens with one attached hydrogen (secondary N) is 1. The molecule has 2 heterocycles. The van der Waals surface area contributed by atoms with Gasteiger partial charge in [0.25, 0.3) is 0 Å². The first kappa shape index (κ1) is 15.1. The summed E-state index contributed by atoms with van der Waals surface area (Å²) < 4.78 is 0. The number of fused-ring (bicyclic) bond motifs is 2. The van der Waals surface area contributed by atoms with Gasteiger partial charge in [0.05, 0.1) is 12.3 Å². The molecule has 2 aliphatic rings. The third-order valence-electron chi connectivity index (χ3n) is 5.62. The number of Topliss-reactive ketones (excluding diaryl/α,β-unsaturated/α-hetero) is 1. The van der Waals surface area contributed by atoms with Crippen molar-refractivity contribution in [2.75, 3.05) is 0 Å². The number of H-pyrrole nitrogens is 1. The van der Waals surface area contributed by atoms with E-state index in [1.807, 2.05) is 32.2 Å². The van der Waals surface area contributed by atoms with Crippen molar-refractivity contribution in [2.45, 2.75) is 45.1 Å². The van der Waals surface area contributed by atoms with E-state index >= 15 is 0 Å². The van der Waals surface area contributed by atoms with Crippen LogP contribution in [-0.4, -0.2) is 33.0 Å². The normalized spacial score (nSPS) is 24.3. The van der Waals surface area contributed by atoms with Crippen molar-refractivity contribution in [2.24, 2.45) is 5.92 Å². The van der Waals surface area contributed by atoms with Crippen molar-refractivity contribution in [3.63, 3.8) is 0 Å². The molecule has 0 spiro atoms. The average molecular weight is 324 g/mol. The number of hydrogen-bond donors (Lipinski definition) is 1. The Morgan fingerprint density at radius 2 is 2.08 bits per heavy atom. The van der Waals surface area contributed by atoms with Gasteiger partial charge in [-0.1, -0.05) is 12.1 Å². The van der Waals surface area contributed by atoms with Gasteiger partial charge in [0.1, 0.15) is 5.78 Å². The summed E-state index contributed by atoms with van der Waals surface area (Å²) in [5, 5.41) is 1.11. The second-order valence-electron chi connectivity index (χ2n) is 7.47. The lowest BCUT2D eigenvalue weighted by atomic mass is 9.71. The standard InChI is InChI=1S/C19H20N2O3/c1-10(22)7-15(23)21-18(24)17-12-9-20-14-6-4-5-11(16(12)14)8-13(17)19(21,2)3/h4-6,9,13,17,20H,7-8H2,1-3H3/t13-,17+/m1/s1. The van der Waals surface area contributed by atoms with Crippen LogP contribution in [-0.2, 0) is 20.8 Å². The fourth-order valence-electron chi connectivity index (χ4n) is 4.56. The van der Waals surface area contributed by atoms with Crippen LogP contribution < -0.4 is 0 Å². The van der Waals surface area contributed by atoms with Crippen molar-refractivity contribution in [1.29, 1.82) is 0 Å². The van der Waals surface area contributed by atoms with Crippen LogP contribution in [0.4, 0.5) is 0 Å². The Balaban J connectivity index is 1.84. The Labute approximate surface area is 140 Å². The third-order valence-corrected chi connectivity index (χ3v) is 5.62. The van der Waals surface area contributed by atoms with Crippen molar-refractivity contribution in [1.82, 2.24) is 9.88 Å². The molecule has 2 atom stereocenters. The van der Waals surface area contributed by atoms with Crippen LogP contribution >= 0.6 is 0 Å². The topological polar surface area (TPSA) is 70.2 Å². The average Bonchev–Trinajstić information content (AvgIpc) is 2.99. The molecule has 1 aliphatic carbocycles. The Hall–Kier alpha value is -2.43. The number of hydrogen-bond acceptors (Lipinski definition) is 3. The lowest BCUT2D eigenvalue weighted by Gasteiger charge is -2.36. The van der Waals surface area contributed by atoms with Crippen LogP contribution in [0, 0.1) is 5.92 Å². The molecular weight excluding hydrogens is 304 g/mol. The lowest BCUT2D eigenvalue weighted by Crippen LogP contribution is -2.48. The third kappa shape index (κ3) is 1.84. The maximum Gasteiger partial charge on any atom is 0.237 e. The number of aromatic amines is 1. The molecule has 24 heavy (non-hydrogen) atoms. The molecule has 0 bridgehead atoms. The molecule has 1 aromatic heterocycles. The predicted octanol–water partition coefficient (Wildman–Crippen LogP) is 2.55. The second-order valence-corrected chi connectivity index (χ2v) is 7.47. The van der Waals surface area contributed by atoms with Gasteiger partial charge in [0, 0.05) is 28.6 Å². The molecule has 0 saturated carbocycles. The van der Waals surface area contributed by atoms with E-state index in [0.717, 1.165) is 22.9 Å². The van der Waals surface area contributed by atoms with Gasteiger partial charge in [0.2, 0.25) is 11.8 Å². The number of ketones is 1. The SMILES string of the molecule is CC(=O)CC(=O)N1C(=O)[C@H]2c3c[nH]c4cccc(c34)C[C@H]2C1(C)C. The minimum absolute atomic E-state index is 0.0230. The van der Waals surface area contributed by atoms with E-state index in [-0.39, 0.29) is 35.9 Å². The fourth-order valence-corrected chi connectivity index (χ4v) is 4.56. The number of likely N-dealkylation sites (tertiary alicyclic amines) is 1. The molecule has 1 saturated heterocycles. The minimum Gasteiger partial charge on any atom is -0.361 e. The lowest BCUT2D eigenvalue weighted by molar-refractivity contribution is -0.147. The van der Waals surface area contributed by atoms with Gasteiger partial charge < -0.3 is 4.98 Å². The minimum atomic E-state index is -0.606. The number of nitrogens with zero attached hydrogens (tertiary/aromatic N) is 1. The zero-order valence-corrected chi connectivity index (χ0v) is 14.1. The number of benzene rings is 1. The molecule has 5 heteroatoms. The van der Waals surface area contributed by atoms with Crippen molar-refractivity contribution < 1.29 is 14.4 Å². The highest BCUT2D eigenvalue weighted by molar-refractivity contribution is 6.09. The summed E-state index contributed by atoms with van der Waals surface area (Å²) in [7, 11) is 0. The number of carbonyl (C=O) groups is 3. The number of aromatic nitrogens is 1. The van der Waals surface area contributed by atoms with Crippen LogP contribution in [0.3, 0.4) is 0 Å². The molecule has 4 rings (SSSR count). The summed E-state index contributed by atoms with van der Waals surface area (Å²) in [5.74, 6) is -1.07. The highest BCUT2D eigenvalue weighted by atomic mass is 16.2. The van der Waals surface area contributed by atoms with E-state index in [1.54, 1.807) is 0 Å². The molecule has 1 aromatic carbocycles. The van der Waals surface area contributed by atoms with Crippen molar-refractivity contribution >= 4 is 28.5 Å². The van der Waals surface area contributed by atoms with Crippen LogP contribution in [0.1, 0.15) is 44.2 Å². The first-order valence-electron chi connectivity index (χ1n) is 8.27. The first-order valence-corrected chi connectivity index (χ1v) is 8.27. The summed E-state index contributed by atoms with van der Waals surface area (Å²) >= 11 is 0. The van der Waals surface area contributed by atoms with Crippen LogP contribution in [0.25, 0.3) is 10.9 Å². The molecule has 1 aliphatic heterocycles. The monoisotopic (exact) mass is 324 g/mol. The number of imide groups is 1. The van der Waals surface area contributed by atoms with Crippen LogP contribution in [0.5, 0.6) is 0 Å². The van der Waals surface area contributed by atoms with Gasteiger partial charge >= 0.3 is 0 Å². The zero-order valence-electron chi connectivity index (χ0n) is 14.1. The molecule has 2 amide bonds. The van der Waals surface area contributed by atoms with Crippen LogP contribution in [0.15, 0.2) is 24.4 Å². The van der Waals surface area contributed by atoms with Gasteiger partial charge in [-0.2, -0.15) is 0 Å². The predicted molar refractivity (Wildman–Crippen MR) is 89.5 cm³/mol. The Morgan fingerprint density at radius 1 is 1.33 bits per heavy atom. The highest BCUT2D eigenvalue weighted by Crippen LogP contribution is 2.52. The number of carbonyl (C=O) groups excluding carboxylic acids is 3. The Bertz CT molecular complexity index is 893. The molecular formula is C19H20N2O3. The fraction of sp³-hybridized carbons (Fsp3) is 0.421. The maximum atomic E-state index is 13.1. The first-order chi connectivity index (χ1) is 11.3. The summed E-state index contributed by atoms with van der Waals surface area (Å²) in [6, 6.07) is 6.11. The summed E-state index contributed by atoms with van der Waals surface area (Å²) in [6.45, 7) is 5.25. The van der Waals surface area contributed by atoms with Gasteiger partial charge in [-0.25, -0.2) is 0 Å². The van der Waals surface area contributed by atoms with E-state index in [4.69, 9.17) is 0 Å². The van der Waals surface area contributed by atoms with E-state index in [2.05, 4.69) is 11.1 Å². The maximum absolute atomic E-state index is 13.1. The largest absolute Gasteiger partial charge is 0.361 e. The molecule has 2 aromatic rings. The molecule has 1 fully saturated rings. The quantitative estimate of drug-likeness (QED) is 0.863. The van der Waals surface area contributed by atoms with Crippen molar-refractivity contribution in [3.05, 3.63) is 35.5 Å². The molecule has 5 nitrogen and oxygen atoms in total. The van der Waals surface area contributed by atoms with Crippen LogP contribution in [0.2, 0.25) is 0 Å². The number of rotatable bonds is 2. The van der Waals surface area contributed by atoms with Gasteiger partial charge in [-0.05, 0) is 44.4 Å². The summed E-state index contributed by atoms with van der Waals surface area (Å²) in [6.07, 6.45) is 2.44. The van der Waals surface area contributed by atoms with E-state index in [1.165, 1.54) is 17.4 Å². The molecule has 1 N–H and O–H groups in total. The van der Waals surface area contributed by atoms with Gasteiger partial charge in [0.15, 0.2) is 0 Å². The van der Waals surface area contributed by atoms with Crippen molar-refractivity contribution in [3.8, 4) is 0 Å². The Kier molecular flexibility index (Phi) is 3.02. The second kappa shape index (κ2) is 4.79. The van der Waals surface area contributed by atoms with Gasteiger partial charge in [-0.15, -0.1) is 0 Å². The smallest absolute Gasteiger partial charge is 0.237 e. The summed E-state index contributed by atoms with van der Waals surface area (Å²) in [5.41, 5.74) is 2.62. The zero-order chi connectivity index (χ0) is 17.2. The molecule has 124 valence electrons. The van der Waals surface area contributed by atoms with E-state index in [0.29, 0.717) is 0 Å².